The van der Waals surface area contributed by atoms with E-state index in [1.165, 1.54) is 18.4 Å². The summed E-state index contributed by atoms with van der Waals surface area (Å²) >= 11 is 0. The predicted octanol–water partition coefficient (Wildman–Crippen LogP) is 1.89. The Morgan fingerprint density at radius 1 is 1.31 bits per heavy atom. The number of benzene rings is 1. The van der Waals surface area contributed by atoms with Crippen molar-refractivity contribution in [2.24, 2.45) is 0 Å². The maximum absolute atomic E-state index is 5.62. The van der Waals surface area contributed by atoms with Crippen LogP contribution in [0.25, 0.3) is 0 Å². The highest BCUT2D eigenvalue weighted by Gasteiger charge is 2.24. The van der Waals surface area contributed by atoms with Crippen molar-refractivity contribution in [3.63, 3.8) is 0 Å². The summed E-state index contributed by atoms with van der Waals surface area (Å²) in [6.45, 7) is 2.60. The minimum atomic E-state index is 0.334. The summed E-state index contributed by atoms with van der Waals surface area (Å²) in [4.78, 5) is 0. The van der Waals surface area contributed by atoms with Crippen LogP contribution in [-0.4, -0.2) is 25.9 Å². The van der Waals surface area contributed by atoms with Gasteiger partial charge in [0, 0.05) is 18.7 Å². The maximum Gasteiger partial charge on any atom is 0.124 e. The SMILES string of the molecule is c1ccc2c(c1)OCC2NCC1CCCO1. The lowest BCUT2D eigenvalue weighted by Gasteiger charge is -2.15. The molecular formula is C13H17NO2. The minimum Gasteiger partial charge on any atom is -0.491 e. The molecule has 1 aromatic carbocycles. The smallest absolute Gasteiger partial charge is 0.124 e. The van der Waals surface area contributed by atoms with Crippen molar-refractivity contribution in [3.8, 4) is 5.75 Å². The number of hydrogen-bond donors (Lipinski definition) is 1. The Labute approximate surface area is 95.8 Å². The van der Waals surface area contributed by atoms with Gasteiger partial charge >= 0.3 is 0 Å². The summed E-state index contributed by atoms with van der Waals surface area (Å²) in [5, 5.41) is 3.53. The average molecular weight is 219 g/mol. The van der Waals surface area contributed by atoms with E-state index in [-0.39, 0.29) is 0 Å². The van der Waals surface area contributed by atoms with Crippen LogP contribution in [0.2, 0.25) is 0 Å². The van der Waals surface area contributed by atoms with Crippen LogP contribution in [0.15, 0.2) is 24.3 Å². The van der Waals surface area contributed by atoms with Gasteiger partial charge in [0.2, 0.25) is 0 Å². The molecule has 86 valence electrons. The molecule has 1 saturated heterocycles. The molecule has 3 nitrogen and oxygen atoms in total. The minimum absolute atomic E-state index is 0.334. The molecule has 0 radical (unpaired) electrons. The molecular weight excluding hydrogens is 202 g/mol. The average Bonchev–Trinajstić information content (AvgIpc) is 2.96. The Bertz CT molecular complexity index is 361. The van der Waals surface area contributed by atoms with Gasteiger partial charge < -0.3 is 14.8 Å². The molecule has 1 fully saturated rings. The van der Waals surface area contributed by atoms with Crippen LogP contribution in [0.1, 0.15) is 24.4 Å². The van der Waals surface area contributed by atoms with Gasteiger partial charge in [0.15, 0.2) is 0 Å². The van der Waals surface area contributed by atoms with Crippen molar-refractivity contribution in [3.05, 3.63) is 29.8 Å². The maximum atomic E-state index is 5.62. The molecule has 0 spiro atoms. The van der Waals surface area contributed by atoms with Crippen LogP contribution in [-0.2, 0) is 4.74 Å². The van der Waals surface area contributed by atoms with E-state index in [0.29, 0.717) is 12.1 Å². The second kappa shape index (κ2) is 4.44. The number of rotatable bonds is 3. The number of para-hydroxylation sites is 1. The van der Waals surface area contributed by atoms with Gasteiger partial charge in [-0.1, -0.05) is 18.2 Å². The topological polar surface area (TPSA) is 30.5 Å². The first kappa shape index (κ1) is 10.1. The fraction of sp³-hybridized carbons (Fsp3) is 0.538. The second-order valence-electron chi connectivity index (χ2n) is 4.44. The molecule has 1 aromatic rings. The zero-order valence-corrected chi connectivity index (χ0v) is 9.32. The second-order valence-corrected chi connectivity index (χ2v) is 4.44. The molecule has 0 bridgehead atoms. The fourth-order valence-corrected chi connectivity index (χ4v) is 2.41. The van der Waals surface area contributed by atoms with Crippen LogP contribution in [0.4, 0.5) is 0 Å². The van der Waals surface area contributed by atoms with Crippen molar-refractivity contribution in [1.29, 1.82) is 0 Å². The molecule has 16 heavy (non-hydrogen) atoms. The van der Waals surface area contributed by atoms with E-state index < -0.39 is 0 Å². The third-order valence-electron chi connectivity index (χ3n) is 3.32. The molecule has 0 saturated carbocycles. The number of nitrogens with one attached hydrogen (secondary N) is 1. The molecule has 0 amide bonds. The van der Waals surface area contributed by atoms with E-state index in [4.69, 9.17) is 9.47 Å². The Hall–Kier alpha value is -1.06. The Kier molecular flexibility index (Phi) is 2.80. The third-order valence-corrected chi connectivity index (χ3v) is 3.32. The van der Waals surface area contributed by atoms with Gasteiger partial charge in [0.05, 0.1) is 12.1 Å². The molecule has 2 aliphatic heterocycles. The Morgan fingerprint density at radius 2 is 2.25 bits per heavy atom. The number of fused-ring (bicyclic) bond motifs is 1. The normalized spacial score (nSPS) is 27.8. The van der Waals surface area contributed by atoms with E-state index in [9.17, 15) is 0 Å². The van der Waals surface area contributed by atoms with Crippen LogP contribution in [0.5, 0.6) is 5.75 Å². The zero-order chi connectivity index (χ0) is 10.8. The first-order chi connectivity index (χ1) is 7.93. The number of hydrogen-bond acceptors (Lipinski definition) is 3. The highest BCUT2D eigenvalue weighted by molar-refractivity contribution is 5.39. The molecule has 3 heteroatoms. The van der Waals surface area contributed by atoms with Crippen molar-refractivity contribution >= 4 is 0 Å². The fourth-order valence-electron chi connectivity index (χ4n) is 2.41. The molecule has 2 heterocycles. The summed E-state index contributed by atoms with van der Waals surface area (Å²) in [5.41, 5.74) is 1.28. The van der Waals surface area contributed by atoms with Gasteiger partial charge in [-0.2, -0.15) is 0 Å². The summed E-state index contributed by atoms with van der Waals surface area (Å²) in [6.07, 6.45) is 2.78. The van der Waals surface area contributed by atoms with Crippen LogP contribution in [0.3, 0.4) is 0 Å². The van der Waals surface area contributed by atoms with E-state index in [2.05, 4.69) is 17.4 Å². The lowest BCUT2D eigenvalue weighted by atomic mass is 10.1. The predicted molar refractivity (Wildman–Crippen MR) is 61.7 cm³/mol. The first-order valence-electron chi connectivity index (χ1n) is 6.00. The van der Waals surface area contributed by atoms with Gasteiger partial charge in [-0.05, 0) is 18.9 Å². The van der Waals surface area contributed by atoms with Gasteiger partial charge in [-0.15, -0.1) is 0 Å². The van der Waals surface area contributed by atoms with Gasteiger partial charge in [-0.25, -0.2) is 0 Å². The van der Waals surface area contributed by atoms with Gasteiger partial charge in [0.1, 0.15) is 12.4 Å². The monoisotopic (exact) mass is 219 g/mol. The van der Waals surface area contributed by atoms with Gasteiger partial charge in [-0.3, -0.25) is 0 Å². The number of ether oxygens (including phenoxy) is 2. The molecule has 1 N–H and O–H groups in total. The molecule has 2 aliphatic rings. The van der Waals surface area contributed by atoms with Crippen LogP contribution < -0.4 is 10.1 Å². The zero-order valence-electron chi connectivity index (χ0n) is 9.32. The standard InChI is InChI=1S/C13H17NO2/c1-2-6-13-11(5-1)12(9-16-13)14-8-10-4-3-7-15-10/h1-2,5-6,10,12,14H,3-4,7-9H2. The summed E-state index contributed by atoms with van der Waals surface area (Å²) in [7, 11) is 0. The van der Waals surface area contributed by atoms with Crippen molar-refractivity contribution in [2.75, 3.05) is 19.8 Å². The Morgan fingerprint density at radius 3 is 3.12 bits per heavy atom. The quantitative estimate of drug-likeness (QED) is 0.842. The highest BCUT2D eigenvalue weighted by Crippen LogP contribution is 2.31. The lowest BCUT2D eigenvalue weighted by molar-refractivity contribution is 0.106. The largest absolute Gasteiger partial charge is 0.491 e. The first-order valence-corrected chi connectivity index (χ1v) is 6.00. The summed E-state index contributed by atoms with van der Waals surface area (Å²) in [5.74, 6) is 1.02. The molecule has 2 atom stereocenters. The van der Waals surface area contributed by atoms with E-state index in [1.54, 1.807) is 0 Å². The van der Waals surface area contributed by atoms with Crippen molar-refractivity contribution in [2.45, 2.75) is 25.0 Å². The van der Waals surface area contributed by atoms with E-state index in [1.807, 2.05) is 12.1 Å². The van der Waals surface area contributed by atoms with Gasteiger partial charge in [0.25, 0.3) is 0 Å². The lowest BCUT2D eigenvalue weighted by Crippen LogP contribution is -2.30. The molecule has 0 aromatic heterocycles. The van der Waals surface area contributed by atoms with Crippen LogP contribution >= 0.6 is 0 Å². The summed E-state index contributed by atoms with van der Waals surface area (Å²) in [6, 6.07) is 8.58. The Balaban J connectivity index is 1.60. The van der Waals surface area contributed by atoms with Crippen LogP contribution in [0, 0.1) is 0 Å². The summed E-state index contributed by atoms with van der Waals surface area (Å²) < 4.78 is 11.2. The van der Waals surface area contributed by atoms with Crippen molar-refractivity contribution < 1.29 is 9.47 Å². The van der Waals surface area contributed by atoms with E-state index >= 15 is 0 Å². The highest BCUT2D eigenvalue weighted by atomic mass is 16.5. The molecule has 2 unspecified atom stereocenters. The van der Waals surface area contributed by atoms with E-state index in [0.717, 1.165) is 25.5 Å². The molecule has 3 rings (SSSR count). The van der Waals surface area contributed by atoms with Crippen molar-refractivity contribution in [1.82, 2.24) is 5.32 Å². The third kappa shape index (κ3) is 1.93. The molecule has 0 aliphatic carbocycles.